The molecule has 3 aromatic carbocycles. The van der Waals surface area contributed by atoms with E-state index in [2.05, 4.69) is 10.4 Å². The van der Waals surface area contributed by atoms with Crippen molar-refractivity contribution in [1.82, 2.24) is 9.78 Å². The fraction of sp³-hybridized carbons (Fsp3) is 0.120. The van der Waals surface area contributed by atoms with E-state index in [0.717, 1.165) is 5.56 Å². The van der Waals surface area contributed by atoms with Crippen molar-refractivity contribution in [2.75, 3.05) is 5.32 Å². The number of benzene rings is 3. The van der Waals surface area contributed by atoms with Gasteiger partial charge in [0, 0.05) is 12.1 Å². The Bertz CT molecular complexity index is 1500. The maximum atomic E-state index is 15.5. The summed E-state index contributed by atoms with van der Waals surface area (Å²) in [5, 5.41) is 12.3. The molecule has 0 fully saturated rings. The standard InChI is InChI=1S/C25H24FN5O3S/c1-2-18-14-22(31(30-18)19-10-6-7-16(13-19)15-27)25(32)29-21-12-11-20(17-8-4-3-5-9-17)24(23(21)26)35(28,33)34/h3-14H,2,15,27H2,1H3,(H,29,32)(H2,28,33,34). The lowest BCUT2D eigenvalue weighted by molar-refractivity contribution is 0.101. The highest BCUT2D eigenvalue weighted by atomic mass is 32.2. The highest BCUT2D eigenvalue weighted by molar-refractivity contribution is 7.89. The molecule has 8 nitrogen and oxygen atoms in total. The van der Waals surface area contributed by atoms with Crippen LogP contribution in [0.4, 0.5) is 10.1 Å². The van der Waals surface area contributed by atoms with Crippen LogP contribution in [0.25, 0.3) is 16.8 Å². The summed E-state index contributed by atoms with van der Waals surface area (Å²) >= 11 is 0. The van der Waals surface area contributed by atoms with Gasteiger partial charge in [-0.1, -0.05) is 55.5 Å². The number of hydrogen-bond donors (Lipinski definition) is 3. The lowest BCUT2D eigenvalue weighted by atomic mass is 10.0. The largest absolute Gasteiger partial charge is 0.326 e. The van der Waals surface area contributed by atoms with E-state index >= 15 is 4.39 Å². The van der Waals surface area contributed by atoms with Crippen LogP contribution in [-0.2, 0) is 23.0 Å². The number of aromatic nitrogens is 2. The van der Waals surface area contributed by atoms with Crippen molar-refractivity contribution in [3.8, 4) is 16.8 Å². The Morgan fingerprint density at radius 1 is 1.06 bits per heavy atom. The van der Waals surface area contributed by atoms with Crippen molar-refractivity contribution in [1.29, 1.82) is 0 Å². The van der Waals surface area contributed by atoms with Crippen LogP contribution in [0.5, 0.6) is 0 Å². The Labute approximate surface area is 202 Å². The molecule has 4 rings (SSSR count). The molecular formula is C25H24FN5O3S. The molecule has 4 aromatic rings. The number of sulfonamides is 1. The third kappa shape index (κ3) is 4.99. The first-order valence-electron chi connectivity index (χ1n) is 10.8. The molecule has 0 atom stereocenters. The number of aryl methyl sites for hydroxylation is 1. The first kappa shape index (κ1) is 24.3. The summed E-state index contributed by atoms with van der Waals surface area (Å²) in [6, 6.07) is 20.0. The zero-order valence-corrected chi connectivity index (χ0v) is 19.7. The number of amides is 1. The SMILES string of the molecule is CCc1cc(C(=O)Nc2ccc(-c3ccccc3)c(S(N)(=O)=O)c2F)n(-c2cccc(CN)c2)n1. The van der Waals surface area contributed by atoms with Gasteiger partial charge in [-0.15, -0.1) is 0 Å². The van der Waals surface area contributed by atoms with Crippen molar-refractivity contribution < 1.29 is 17.6 Å². The van der Waals surface area contributed by atoms with Gasteiger partial charge < -0.3 is 11.1 Å². The summed E-state index contributed by atoms with van der Waals surface area (Å²) in [5.41, 5.74) is 8.26. The quantitative estimate of drug-likeness (QED) is 0.362. The summed E-state index contributed by atoms with van der Waals surface area (Å²) in [5.74, 6) is -1.81. The van der Waals surface area contributed by atoms with E-state index in [1.165, 1.54) is 16.8 Å². The lowest BCUT2D eigenvalue weighted by Crippen LogP contribution is -2.20. The van der Waals surface area contributed by atoms with Crippen molar-refractivity contribution in [2.45, 2.75) is 24.8 Å². The second kappa shape index (κ2) is 9.79. The predicted molar refractivity (Wildman–Crippen MR) is 132 cm³/mol. The van der Waals surface area contributed by atoms with Crippen LogP contribution in [0.3, 0.4) is 0 Å². The van der Waals surface area contributed by atoms with Crippen LogP contribution in [0, 0.1) is 5.82 Å². The minimum atomic E-state index is -4.45. The minimum absolute atomic E-state index is 0.0977. The third-order valence-electron chi connectivity index (χ3n) is 5.46. The Hall–Kier alpha value is -3.86. The monoisotopic (exact) mass is 493 g/mol. The number of hydrogen-bond acceptors (Lipinski definition) is 5. The summed E-state index contributed by atoms with van der Waals surface area (Å²) in [6.07, 6.45) is 0.569. The van der Waals surface area contributed by atoms with E-state index in [0.29, 0.717) is 29.9 Å². The summed E-state index contributed by atoms with van der Waals surface area (Å²) in [6.45, 7) is 2.21. The molecular weight excluding hydrogens is 469 g/mol. The van der Waals surface area contributed by atoms with Crippen LogP contribution in [0.2, 0.25) is 0 Å². The molecule has 0 aliphatic heterocycles. The van der Waals surface area contributed by atoms with E-state index in [1.54, 1.807) is 54.6 Å². The average Bonchev–Trinajstić information content (AvgIpc) is 3.30. The number of halogens is 1. The Morgan fingerprint density at radius 2 is 1.80 bits per heavy atom. The molecule has 1 heterocycles. The summed E-state index contributed by atoms with van der Waals surface area (Å²) < 4.78 is 41.5. The molecule has 0 aliphatic rings. The second-order valence-corrected chi connectivity index (χ2v) is 9.33. The first-order valence-corrected chi connectivity index (χ1v) is 12.4. The zero-order valence-electron chi connectivity index (χ0n) is 18.9. The number of carbonyl (C=O) groups is 1. The van der Waals surface area contributed by atoms with Gasteiger partial charge in [-0.25, -0.2) is 22.6 Å². The molecule has 0 spiro atoms. The fourth-order valence-electron chi connectivity index (χ4n) is 3.74. The number of primary sulfonamides is 1. The van der Waals surface area contributed by atoms with Crippen molar-refractivity contribution in [3.05, 3.63) is 95.6 Å². The number of nitrogens with zero attached hydrogens (tertiary/aromatic N) is 2. The van der Waals surface area contributed by atoms with Gasteiger partial charge >= 0.3 is 0 Å². The lowest BCUT2D eigenvalue weighted by Gasteiger charge is -2.14. The van der Waals surface area contributed by atoms with Gasteiger partial charge in [0.05, 0.1) is 17.1 Å². The molecule has 0 aliphatic carbocycles. The van der Waals surface area contributed by atoms with E-state index in [9.17, 15) is 13.2 Å². The molecule has 0 radical (unpaired) electrons. The normalized spacial score (nSPS) is 11.4. The fourth-order valence-corrected chi connectivity index (χ4v) is 4.59. The highest BCUT2D eigenvalue weighted by Gasteiger charge is 2.25. The van der Waals surface area contributed by atoms with Crippen LogP contribution >= 0.6 is 0 Å². The van der Waals surface area contributed by atoms with Crippen LogP contribution in [-0.4, -0.2) is 24.1 Å². The molecule has 0 bridgehead atoms. The molecule has 10 heteroatoms. The molecule has 0 saturated heterocycles. The smallest absolute Gasteiger partial charge is 0.274 e. The summed E-state index contributed by atoms with van der Waals surface area (Å²) in [7, 11) is -4.45. The van der Waals surface area contributed by atoms with Gasteiger partial charge in [-0.3, -0.25) is 4.79 Å². The van der Waals surface area contributed by atoms with E-state index < -0.39 is 26.6 Å². The number of nitrogens with two attached hydrogens (primary N) is 2. The van der Waals surface area contributed by atoms with Crippen LogP contribution < -0.4 is 16.2 Å². The van der Waals surface area contributed by atoms with Crippen molar-refractivity contribution in [2.24, 2.45) is 10.9 Å². The molecule has 180 valence electrons. The average molecular weight is 494 g/mol. The van der Waals surface area contributed by atoms with Gasteiger partial charge in [0.2, 0.25) is 10.0 Å². The maximum absolute atomic E-state index is 15.5. The number of rotatable bonds is 7. The van der Waals surface area contributed by atoms with Gasteiger partial charge in [0.1, 0.15) is 10.6 Å². The second-order valence-electron chi connectivity index (χ2n) is 7.83. The van der Waals surface area contributed by atoms with Gasteiger partial charge in [0.25, 0.3) is 5.91 Å². The van der Waals surface area contributed by atoms with E-state index in [1.807, 2.05) is 13.0 Å². The Morgan fingerprint density at radius 3 is 2.46 bits per heavy atom. The van der Waals surface area contributed by atoms with Gasteiger partial charge in [0.15, 0.2) is 5.82 Å². The van der Waals surface area contributed by atoms with Gasteiger partial charge in [-0.05, 0) is 41.8 Å². The summed E-state index contributed by atoms with van der Waals surface area (Å²) in [4.78, 5) is 12.5. The van der Waals surface area contributed by atoms with E-state index in [4.69, 9.17) is 10.9 Å². The topological polar surface area (TPSA) is 133 Å². The molecule has 1 amide bonds. The van der Waals surface area contributed by atoms with E-state index in [-0.39, 0.29) is 16.9 Å². The molecule has 5 N–H and O–H groups in total. The maximum Gasteiger partial charge on any atom is 0.274 e. The number of carbonyl (C=O) groups excluding carboxylic acids is 1. The zero-order chi connectivity index (χ0) is 25.2. The molecule has 0 saturated carbocycles. The molecule has 35 heavy (non-hydrogen) atoms. The Kier molecular flexibility index (Phi) is 6.79. The number of nitrogens with one attached hydrogen (secondary N) is 1. The van der Waals surface area contributed by atoms with Gasteiger partial charge in [-0.2, -0.15) is 5.10 Å². The van der Waals surface area contributed by atoms with Crippen molar-refractivity contribution >= 4 is 21.6 Å². The third-order valence-corrected chi connectivity index (χ3v) is 6.43. The van der Waals surface area contributed by atoms with Crippen LogP contribution in [0.1, 0.15) is 28.7 Å². The van der Waals surface area contributed by atoms with Crippen LogP contribution in [0.15, 0.2) is 77.7 Å². The minimum Gasteiger partial charge on any atom is -0.326 e. The number of anilines is 1. The molecule has 0 unspecified atom stereocenters. The Balaban J connectivity index is 1.77. The highest BCUT2D eigenvalue weighted by Crippen LogP contribution is 2.33. The first-order chi connectivity index (χ1) is 16.7. The predicted octanol–water partition coefficient (Wildman–Crippen LogP) is 3.60. The molecule has 1 aromatic heterocycles. The van der Waals surface area contributed by atoms with Crippen molar-refractivity contribution in [3.63, 3.8) is 0 Å².